The van der Waals surface area contributed by atoms with Gasteiger partial charge in [0, 0.05) is 13.8 Å². The SMILES string of the molecule is COc1cc(C(=O)O[C@H](C(=O)N/C(C(=O)N/C(=C\O)C(C)=O)=C2/N[C@@H](C)[C@@H](O)[C@@H]2OC(C)=O)[C@]2(C)CO2)c2cccc(C)c2c1. The van der Waals surface area contributed by atoms with Crippen LogP contribution < -0.4 is 20.7 Å². The van der Waals surface area contributed by atoms with Crippen LogP contribution >= 0.6 is 0 Å². The summed E-state index contributed by atoms with van der Waals surface area (Å²) in [6.07, 6.45) is -3.97. The first kappa shape index (κ1) is 33.0. The van der Waals surface area contributed by atoms with E-state index in [0.29, 0.717) is 17.4 Å². The molecule has 2 fully saturated rings. The number of hydrogen-bond acceptors (Lipinski definition) is 12. The van der Waals surface area contributed by atoms with E-state index in [1.165, 1.54) is 20.1 Å². The van der Waals surface area contributed by atoms with Gasteiger partial charge in [0.05, 0.1) is 31.0 Å². The third kappa shape index (κ3) is 6.91. The van der Waals surface area contributed by atoms with Crippen molar-refractivity contribution in [1.82, 2.24) is 16.0 Å². The second-order valence-electron chi connectivity index (χ2n) is 11.0. The van der Waals surface area contributed by atoms with Crippen LogP contribution in [0.5, 0.6) is 5.75 Å². The zero-order valence-electron chi connectivity index (χ0n) is 25.5. The minimum Gasteiger partial charge on any atom is -0.513 e. The second kappa shape index (κ2) is 13.0. The number of carbonyl (C=O) groups is 5. The number of allylic oxidation sites excluding steroid dienone is 1. The van der Waals surface area contributed by atoms with Gasteiger partial charge in [-0.1, -0.05) is 18.2 Å². The van der Waals surface area contributed by atoms with Gasteiger partial charge < -0.3 is 45.1 Å². The molecule has 2 aliphatic rings. The lowest BCUT2D eigenvalue weighted by Crippen LogP contribution is -2.49. The average molecular weight is 626 g/mol. The van der Waals surface area contributed by atoms with Crippen LogP contribution in [-0.2, 0) is 33.4 Å². The summed E-state index contributed by atoms with van der Waals surface area (Å²) in [7, 11) is 1.45. The van der Waals surface area contributed by atoms with Gasteiger partial charge in [-0.05, 0) is 49.2 Å². The number of benzene rings is 2. The molecule has 0 unspecified atom stereocenters. The lowest BCUT2D eigenvalue weighted by molar-refractivity contribution is -0.148. The Morgan fingerprint density at radius 2 is 1.82 bits per heavy atom. The first-order valence-electron chi connectivity index (χ1n) is 14.0. The van der Waals surface area contributed by atoms with E-state index in [1.807, 2.05) is 13.0 Å². The highest BCUT2D eigenvalue weighted by Crippen LogP contribution is 2.35. The normalized spacial score (nSPS) is 24.2. The third-order valence-electron chi connectivity index (χ3n) is 7.54. The van der Waals surface area contributed by atoms with Gasteiger partial charge in [0.15, 0.2) is 11.9 Å². The van der Waals surface area contributed by atoms with E-state index in [2.05, 4.69) is 16.0 Å². The highest BCUT2D eigenvalue weighted by Gasteiger charge is 2.54. The Bertz CT molecular complexity index is 1630. The maximum atomic E-state index is 13.9. The van der Waals surface area contributed by atoms with E-state index < -0.39 is 70.9 Å². The zero-order chi connectivity index (χ0) is 33.2. The molecule has 5 N–H and O–H groups in total. The number of aliphatic hydroxyl groups excluding tert-OH is 2. The van der Waals surface area contributed by atoms with Crippen molar-refractivity contribution >= 4 is 40.3 Å². The van der Waals surface area contributed by atoms with Crippen LogP contribution in [0.15, 0.2) is 53.7 Å². The smallest absolute Gasteiger partial charge is 0.339 e. The van der Waals surface area contributed by atoms with E-state index in [1.54, 1.807) is 25.1 Å². The summed E-state index contributed by atoms with van der Waals surface area (Å²) in [5.74, 6) is -4.10. The number of esters is 2. The summed E-state index contributed by atoms with van der Waals surface area (Å²) < 4.78 is 21.8. The van der Waals surface area contributed by atoms with Crippen molar-refractivity contribution in [1.29, 1.82) is 0 Å². The predicted molar refractivity (Wildman–Crippen MR) is 158 cm³/mol. The fourth-order valence-electron chi connectivity index (χ4n) is 4.89. The molecule has 240 valence electrons. The summed E-state index contributed by atoms with van der Waals surface area (Å²) in [5, 5.41) is 28.8. The number of rotatable bonds is 10. The molecule has 0 bridgehead atoms. The lowest BCUT2D eigenvalue weighted by atomic mass is 9.99. The van der Waals surface area contributed by atoms with Crippen molar-refractivity contribution in [2.75, 3.05) is 13.7 Å². The number of hydrogen-bond donors (Lipinski definition) is 5. The van der Waals surface area contributed by atoms with E-state index in [-0.39, 0.29) is 17.9 Å². The number of aryl methyl sites for hydroxylation is 1. The quantitative estimate of drug-likeness (QED) is 0.109. The molecule has 0 aliphatic carbocycles. The second-order valence-corrected chi connectivity index (χ2v) is 11.0. The Kier molecular flexibility index (Phi) is 9.49. The molecule has 4 rings (SSSR count). The molecule has 0 spiro atoms. The van der Waals surface area contributed by atoms with E-state index >= 15 is 0 Å². The average Bonchev–Trinajstić information content (AvgIpc) is 3.69. The minimum atomic E-state index is -1.60. The monoisotopic (exact) mass is 625 g/mol. The summed E-state index contributed by atoms with van der Waals surface area (Å²) in [6, 6.07) is 7.88. The molecule has 14 heteroatoms. The Morgan fingerprint density at radius 1 is 1.13 bits per heavy atom. The van der Waals surface area contributed by atoms with Crippen LogP contribution in [0.25, 0.3) is 10.8 Å². The van der Waals surface area contributed by atoms with Crippen LogP contribution in [0.3, 0.4) is 0 Å². The Morgan fingerprint density at radius 3 is 2.40 bits per heavy atom. The van der Waals surface area contributed by atoms with Crippen LogP contribution in [0.4, 0.5) is 0 Å². The summed E-state index contributed by atoms with van der Waals surface area (Å²) in [5.41, 5.74) is -1.55. The van der Waals surface area contributed by atoms with Gasteiger partial charge in [0.1, 0.15) is 35.1 Å². The fraction of sp³-hybridized carbons (Fsp3) is 0.387. The molecule has 2 saturated heterocycles. The maximum Gasteiger partial charge on any atom is 0.339 e. The molecule has 0 saturated carbocycles. The van der Waals surface area contributed by atoms with Gasteiger partial charge in [-0.3, -0.25) is 19.2 Å². The number of amides is 2. The number of fused-ring (bicyclic) bond motifs is 1. The number of carbonyl (C=O) groups excluding carboxylic acids is 5. The van der Waals surface area contributed by atoms with Gasteiger partial charge >= 0.3 is 11.9 Å². The topological polar surface area (TPSA) is 202 Å². The van der Waals surface area contributed by atoms with Gasteiger partial charge in [-0.2, -0.15) is 0 Å². The molecule has 2 aromatic carbocycles. The van der Waals surface area contributed by atoms with Crippen LogP contribution in [0.2, 0.25) is 0 Å². The number of ketones is 1. The molecule has 14 nitrogen and oxygen atoms in total. The van der Waals surface area contributed by atoms with Crippen LogP contribution in [0, 0.1) is 6.92 Å². The minimum absolute atomic E-state index is 0.0419. The van der Waals surface area contributed by atoms with E-state index in [9.17, 15) is 34.2 Å². The fourth-order valence-corrected chi connectivity index (χ4v) is 4.89. The summed E-state index contributed by atoms with van der Waals surface area (Å²) in [4.78, 5) is 64.7. The number of nitrogens with one attached hydrogen (secondary N) is 3. The predicted octanol–water partition coefficient (Wildman–Crippen LogP) is 1.19. The molecule has 2 aliphatic heterocycles. The Labute approximate surface area is 258 Å². The first-order chi connectivity index (χ1) is 21.2. The molecular formula is C31H35N3O11. The third-order valence-corrected chi connectivity index (χ3v) is 7.54. The number of Topliss-reactive ketones (excluding diaryl/α,β-unsaturated/α-hetero) is 1. The van der Waals surface area contributed by atoms with Gasteiger partial charge in [-0.15, -0.1) is 0 Å². The number of ether oxygens (including phenoxy) is 4. The summed E-state index contributed by atoms with van der Waals surface area (Å²) in [6.45, 7) is 7.17. The molecule has 0 radical (unpaired) electrons. The standard InChI is InChI=1S/C31H35N3O11/c1-14-8-7-9-19-20(14)10-18(42-6)11-21(19)30(41)45-27(31(5)13-43-31)29(40)34-24(28(39)33-22(12-35)16(3)36)23-26(44-17(4)37)25(38)15(2)32-23/h7-12,15,25-27,32,35,38H,13H2,1-6H3,(H,33,39)(H,34,40)/b22-12-,24-23+/t15-,25+,26+,27+,31-/m0/s1. The van der Waals surface area contributed by atoms with Crippen molar-refractivity contribution in [2.45, 2.75) is 64.6 Å². The molecule has 5 atom stereocenters. The highest BCUT2D eigenvalue weighted by molar-refractivity contribution is 6.08. The lowest BCUT2D eigenvalue weighted by Gasteiger charge is -2.24. The van der Waals surface area contributed by atoms with E-state index in [0.717, 1.165) is 24.8 Å². The molecular weight excluding hydrogens is 590 g/mol. The largest absolute Gasteiger partial charge is 0.513 e. The molecule has 0 aromatic heterocycles. The number of epoxide rings is 1. The van der Waals surface area contributed by atoms with Crippen molar-refractivity contribution in [3.05, 3.63) is 64.8 Å². The molecule has 2 aromatic rings. The van der Waals surface area contributed by atoms with Crippen LogP contribution in [0.1, 0.15) is 43.6 Å². The molecule has 2 amide bonds. The van der Waals surface area contributed by atoms with Crippen molar-refractivity contribution < 1.29 is 53.1 Å². The molecule has 45 heavy (non-hydrogen) atoms. The summed E-state index contributed by atoms with van der Waals surface area (Å²) >= 11 is 0. The zero-order valence-corrected chi connectivity index (χ0v) is 25.5. The Hall–Kier alpha value is -4.95. The molecule has 2 heterocycles. The number of methoxy groups -OCH3 is 1. The van der Waals surface area contributed by atoms with Gasteiger partial charge in [0.25, 0.3) is 11.8 Å². The van der Waals surface area contributed by atoms with Crippen LogP contribution in [-0.4, -0.2) is 83.4 Å². The highest BCUT2D eigenvalue weighted by atomic mass is 16.6. The van der Waals surface area contributed by atoms with Crippen molar-refractivity contribution in [2.24, 2.45) is 0 Å². The first-order valence-corrected chi connectivity index (χ1v) is 14.0. The Balaban J connectivity index is 1.74. The van der Waals surface area contributed by atoms with Crippen molar-refractivity contribution in [3.63, 3.8) is 0 Å². The van der Waals surface area contributed by atoms with Gasteiger partial charge in [0.2, 0.25) is 6.10 Å². The van der Waals surface area contributed by atoms with E-state index in [4.69, 9.17) is 18.9 Å². The maximum absolute atomic E-state index is 13.9. The van der Waals surface area contributed by atoms with Crippen molar-refractivity contribution in [3.8, 4) is 5.75 Å². The van der Waals surface area contributed by atoms with Gasteiger partial charge in [-0.25, -0.2) is 4.79 Å². The number of aliphatic hydroxyl groups is 2.